The standard InChI is InChI=1S/C21H22N2O5/c1-27-18-5-3-4-16(21(18)28-2)11-19(24)23-17(12-20(25)26)10-14-6-8-15(13-22)9-7-14/h3-9,17H,10-12H2,1-2H3,(H,23,24)(H,25,26)/t17-/m1/s1. The maximum Gasteiger partial charge on any atom is 0.305 e. The molecule has 0 aliphatic heterocycles. The zero-order chi connectivity index (χ0) is 20.5. The number of hydrogen-bond acceptors (Lipinski definition) is 5. The van der Waals surface area contributed by atoms with Gasteiger partial charge in [0.25, 0.3) is 0 Å². The summed E-state index contributed by atoms with van der Waals surface area (Å²) in [5.41, 5.74) is 2.00. The summed E-state index contributed by atoms with van der Waals surface area (Å²) in [6.45, 7) is 0. The van der Waals surface area contributed by atoms with Crippen molar-refractivity contribution in [1.82, 2.24) is 5.32 Å². The van der Waals surface area contributed by atoms with E-state index in [4.69, 9.17) is 19.8 Å². The Kier molecular flexibility index (Phi) is 7.40. The van der Waals surface area contributed by atoms with E-state index in [1.165, 1.54) is 14.2 Å². The summed E-state index contributed by atoms with van der Waals surface area (Å²) in [4.78, 5) is 23.7. The van der Waals surface area contributed by atoms with E-state index < -0.39 is 12.0 Å². The number of nitrogens with zero attached hydrogens (tertiary/aromatic N) is 1. The molecule has 0 unspecified atom stereocenters. The number of aliphatic carboxylic acids is 1. The van der Waals surface area contributed by atoms with Crippen LogP contribution in [-0.4, -0.2) is 37.2 Å². The molecule has 2 N–H and O–H groups in total. The number of carboxylic acids is 1. The van der Waals surface area contributed by atoms with E-state index in [2.05, 4.69) is 5.32 Å². The molecule has 0 saturated heterocycles. The SMILES string of the molecule is COc1cccc(CC(=O)N[C@@H](CC(=O)O)Cc2ccc(C#N)cc2)c1OC. The number of para-hydroxylation sites is 1. The predicted octanol–water partition coefficient (Wildman–Crippen LogP) is 2.32. The van der Waals surface area contributed by atoms with Crippen molar-refractivity contribution in [2.45, 2.75) is 25.3 Å². The Balaban J connectivity index is 2.10. The molecule has 7 heteroatoms. The number of carbonyl (C=O) groups is 2. The predicted molar refractivity (Wildman–Crippen MR) is 102 cm³/mol. The summed E-state index contributed by atoms with van der Waals surface area (Å²) >= 11 is 0. The van der Waals surface area contributed by atoms with Gasteiger partial charge >= 0.3 is 5.97 Å². The van der Waals surface area contributed by atoms with Gasteiger partial charge in [-0.05, 0) is 30.2 Å². The largest absolute Gasteiger partial charge is 0.493 e. The van der Waals surface area contributed by atoms with Gasteiger partial charge in [0.05, 0.1) is 38.7 Å². The second-order valence-corrected chi connectivity index (χ2v) is 6.20. The number of nitriles is 1. The molecule has 28 heavy (non-hydrogen) atoms. The third kappa shape index (κ3) is 5.74. The molecule has 0 saturated carbocycles. The smallest absolute Gasteiger partial charge is 0.305 e. The maximum atomic E-state index is 12.5. The molecular formula is C21H22N2O5. The zero-order valence-electron chi connectivity index (χ0n) is 15.8. The van der Waals surface area contributed by atoms with Crippen molar-refractivity contribution in [1.29, 1.82) is 5.26 Å². The molecule has 2 rings (SSSR count). The number of ether oxygens (including phenoxy) is 2. The van der Waals surface area contributed by atoms with Gasteiger partial charge in [-0.1, -0.05) is 24.3 Å². The molecule has 0 spiro atoms. The molecule has 0 bridgehead atoms. The summed E-state index contributed by atoms with van der Waals surface area (Å²) in [6, 6.07) is 13.5. The Morgan fingerprint density at radius 3 is 2.43 bits per heavy atom. The van der Waals surface area contributed by atoms with Crippen molar-refractivity contribution in [3.63, 3.8) is 0 Å². The van der Waals surface area contributed by atoms with Crippen molar-refractivity contribution in [2.24, 2.45) is 0 Å². The van der Waals surface area contributed by atoms with Crippen LogP contribution < -0.4 is 14.8 Å². The van der Waals surface area contributed by atoms with Crippen molar-refractivity contribution >= 4 is 11.9 Å². The maximum absolute atomic E-state index is 12.5. The fourth-order valence-electron chi connectivity index (χ4n) is 2.93. The molecular weight excluding hydrogens is 360 g/mol. The average molecular weight is 382 g/mol. The van der Waals surface area contributed by atoms with Gasteiger partial charge in [0.15, 0.2) is 11.5 Å². The second kappa shape index (κ2) is 9.97. The van der Waals surface area contributed by atoms with E-state index >= 15 is 0 Å². The highest BCUT2D eigenvalue weighted by molar-refractivity contribution is 5.80. The second-order valence-electron chi connectivity index (χ2n) is 6.20. The molecule has 146 valence electrons. The Labute approximate surface area is 163 Å². The van der Waals surface area contributed by atoms with Gasteiger partial charge in [0, 0.05) is 11.6 Å². The molecule has 2 aromatic rings. The number of methoxy groups -OCH3 is 2. The van der Waals surface area contributed by atoms with Crippen LogP contribution in [0.15, 0.2) is 42.5 Å². The highest BCUT2D eigenvalue weighted by Crippen LogP contribution is 2.30. The number of benzene rings is 2. The van der Waals surface area contributed by atoms with E-state index in [-0.39, 0.29) is 18.7 Å². The molecule has 0 heterocycles. The Bertz CT molecular complexity index is 871. The van der Waals surface area contributed by atoms with Gasteiger partial charge in [-0.15, -0.1) is 0 Å². The van der Waals surface area contributed by atoms with Crippen molar-refractivity contribution in [3.05, 3.63) is 59.2 Å². The lowest BCUT2D eigenvalue weighted by Gasteiger charge is -2.18. The highest BCUT2D eigenvalue weighted by atomic mass is 16.5. The van der Waals surface area contributed by atoms with E-state index in [9.17, 15) is 9.59 Å². The lowest BCUT2D eigenvalue weighted by Crippen LogP contribution is -2.39. The van der Waals surface area contributed by atoms with Crippen LogP contribution in [0.4, 0.5) is 0 Å². The summed E-state index contributed by atoms with van der Waals surface area (Å²) in [7, 11) is 3.01. The third-order valence-corrected chi connectivity index (χ3v) is 4.19. The molecule has 0 aliphatic carbocycles. The van der Waals surface area contributed by atoms with Gasteiger partial charge in [0.2, 0.25) is 5.91 Å². The van der Waals surface area contributed by atoms with Gasteiger partial charge in [-0.2, -0.15) is 5.26 Å². The molecule has 0 radical (unpaired) electrons. The Morgan fingerprint density at radius 1 is 1.14 bits per heavy atom. The lowest BCUT2D eigenvalue weighted by atomic mass is 10.0. The summed E-state index contributed by atoms with van der Waals surface area (Å²) in [5, 5.41) is 20.8. The minimum Gasteiger partial charge on any atom is -0.493 e. The van der Waals surface area contributed by atoms with Crippen LogP contribution in [-0.2, 0) is 22.4 Å². The molecule has 0 aromatic heterocycles. The first kappa shape index (κ1) is 20.8. The summed E-state index contributed by atoms with van der Waals surface area (Å²) in [6.07, 6.45) is 0.170. The Morgan fingerprint density at radius 2 is 1.86 bits per heavy atom. The molecule has 1 amide bonds. The van der Waals surface area contributed by atoms with Crippen LogP contribution in [0.2, 0.25) is 0 Å². The molecule has 2 aromatic carbocycles. The van der Waals surface area contributed by atoms with Crippen LogP contribution in [0.3, 0.4) is 0 Å². The number of carbonyl (C=O) groups excluding carboxylic acids is 1. The van der Waals surface area contributed by atoms with E-state index in [0.29, 0.717) is 29.0 Å². The van der Waals surface area contributed by atoms with Gasteiger partial charge < -0.3 is 19.9 Å². The van der Waals surface area contributed by atoms with E-state index in [0.717, 1.165) is 5.56 Å². The first-order valence-corrected chi connectivity index (χ1v) is 8.66. The van der Waals surface area contributed by atoms with Crippen molar-refractivity contribution in [2.75, 3.05) is 14.2 Å². The quantitative estimate of drug-likeness (QED) is 0.689. The lowest BCUT2D eigenvalue weighted by molar-refractivity contribution is -0.137. The van der Waals surface area contributed by atoms with Gasteiger partial charge in [0.1, 0.15) is 0 Å². The average Bonchev–Trinajstić information content (AvgIpc) is 2.67. The van der Waals surface area contributed by atoms with Crippen LogP contribution in [0, 0.1) is 11.3 Å². The van der Waals surface area contributed by atoms with Gasteiger partial charge in [-0.25, -0.2) is 0 Å². The molecule has 0 aliphatic rings. The van der Waals surface area contributed by atoms with Crippen LogP contribution >= 0.6 is 0 Å². The zero-order valence-corrected chi connectivity index (χ0v) is 15.8. The van der Waals surface area contributed by atoms with Crippen LogP contribution in [0.25, 0.3) is 0 Å². The first-order valence-electron chi connectivity index (χ1n) is 8.66. The Hall–Kier alpha value is -3.53. The number of amides is 1. The molecule has 1 atom stereocenters. The fraction of sp³-hybridized carbons (Fsp3) is 0.286. The van der Waals surface area contributed by atoms with E-state index in [1.807, 2.05) is 6.07 Å². The first-order chi connectivity index (χ1) is 13.5. The molecule has 0 fully saturated rings. The number of nitrogens with one attached hydrogen (secondary N) is 1. The fourth-order valence-corrected chi connectivity index (χ4v) is 2.93. The monoisotopic (exact) mass is 382 g/mol. The number of hydrogen-bond donors (Lipinski definition) is 2. The third-order valence-electron chi connectivity index (χ3n) is 4.19. The highest BCUT2D eigenvalue weighted by Gasteiger charge is 2.19. The number of carboxylic acid groups (broad SMARTS) is 1. The van der Waals surface area contributed by atoms with E-state index in [1.54, 1.807) is 42.5 Å². The van der Waals surface area contributed by atoms with Crippen molar-refractivity contribution in [3.8, 4) is 17.6 Å². The van der Waals surface area contributed by atoms with Crippen molar-refractivity contribution < 1.29 is 24.2 Å². The van der Waals surface area contributed by atoms with Crippen LogP contribution in [0.1, 0.15) is 23.1 Å². The topological polar surface area (TPSA) is 109 Å². The minimum atomic E-state index is -1.00. The molecule has 7 nitrogen and oxygen atoms in total. The summed E-state index contributed by atoms with van der Waals surface area (Å²) in [5.74, 6) is -0.321. The van der Waals surface area contributed by atoms with Crippen LogP contribution in [0.5, 0.6) is 11.5 Å². The number of rotatable bonds is 9. The summed E-state index contributed by atoms with van der Waals surface area (Å²) < 4.78 is 10.6. The minimum absolute atomic E-state index is 0.0316. The van der Waals surface area contributed by atoms with Gasteiger partial charge in [-0.3, -0.25) is 9.59 Å². The normalized spacial score (nSPS) is 11.2.